The highest BCUT2D eigenvalue weighted by molar-refractivity contribution is 5.85. The Morgan fingerprint density at radius 3 is 2.62 bits per heavy atom. The van der Waals surface area contributed by atoms with E-state index in [-0.39, 0.29) is 12.4 Å². The van der Waals surface area contributed by atoms with Crippen molar-refractivity contribution in [2.75, 3.05) is 38.1 Å². The summed E-state index contributed by atoms with van der Waals surface area (Å²) >= 11 is 0. The van der Waals surface area contributed by atoms with Crippen LogP contribution >= 0.6 is 12.4 Å². The Labute approximate surface area is 102 Å². The van der Waals surface area contributed by atoms with Crippen LogP contribution in [0.1, 0.15) is 10.4 Å². The number of carbonyl (C=O) groups excluding carboxylic acids is 1. The summed E-state index contributed by atoms with van der Waals surface area (Å²) in [7, 11) is 2.11. The molecular formula is C11H16ClN3O. The smallest absolute Gasteiger partial charge is 0.153 e. The van der Waals surface area contributed by atoms with Gasteiger partial charge >= 0.3 is 0 Å². The van der Waals surface area contributed by atoms with E-state index in [2.05, 4.69) is 21.8 Å². The average Bonchev–Trinajstić information content (AvgIpc) is 2.30. The molecule has 0 radical (unpaired) electrons. The number of halogens is 1. The Bertz CT molecular complexity index is 351. The van der Waals surface area contributed by atoms with Gasteiger partial charge in [0.1, 0.15) is 5.82 Å². The summed E-state index contributed by atoms with van der Waals surface area (Å²) in [4.78, 5) is 19.6. The molecule has 0 spiro atoms. The molecule has 0 bridgehead atoms. The SMILES string of the molecule is CN1CCN(c2ncccc2C=O)CC1.Cl. The van der Waals surface area contributed by atoms with E-state index in [1.165, 1.54) is 0 Å². The van der Waals surface area contributed by atoms with Crippen LogP contribution in [0.5, 0.6) is 0 Å². The fourth-order valence-corrected chi connectivity index (χ4v) is 1.78. The van der Waals surface area contributed by atoms with Crippen LogP contribution in [0.25, 0.3) is 0 Å². The topological polar surface area (TPSA) is 36.4 Å². The molecule has 0 saturated carbocycles. The average molecular weight is 242 g/mol. The van der Waals surface area contributed by atoms with Crippen LogP contribution in [-0.4, -0.2) is 49.4 Å². The van der Waals surface area contributed by atoms with E-state index in [1.807, 2.05) is 6.07 Å². The van der Waals surface area contributed by atoms with Crippen molar-refractivity contribution in [1.82, 2.24) is 9.88 Å². The molecule has 5 heteroatoms. The van der Waals surface area contributed by atoms with Crippen molar-refractivity contribution in [2.24, 2.45) is 0 Å². The van der Waals surface area contributed by atoms with Gasteiger partial charge in [0, 0.05) is 32.4 Å². The number of pyridine rings is 1. The zero-order chi connectivity index (χ0) is 10.7. The summed E-state index contributed by atoms with van der Waals surface area (Å²) in [5.74, 6) is 0.820. The molecular weight excluding hydrogens is 226 g/mol. The number of nitrogens with zero attached hydrogens (tertiary/aromatic N) is 3. The molecule has 0 amide bonds. The number of piperazine rings is 1. The molecule has 16 heavy (non-hydrogen) atoms. The first-order valence-corrected chi connectivity index (χ1v) is 5.15. The van der Waals surface area contributed by atoms with Crippen molar-refractivity contribution in [2.45, 2.75) is 0 Å². The van der Waals surface area contributed by atoms with E-state index in [9.17, 15) is 4.79 Å². The molecule has 0 atom stereocenters. The van der Waals surface area contributed by atoms with Gasteiger partial charge in [0.15, 0.2) is 6.29 Å². The Balaban J connectivity index is 0.00000128. The first kappa shape index (κ1) is 12.9. The Morgan fingerprint density at radius 1 is 1.31 bits per heavy atom. The maximum Gasteiger partial charge on any atom is 0.153 e. The molecule has 1 aliphatic rings. The Morgan fingerprint density at radius 2 is 2.00 bits per heavy atom. The minimum Gasteiger partial charge on any atom is -0.353 e. The normalized spacial score (nSPS) is 16.7. The summed E-state index contributed by atoms with van der Waals surface area (Å²) in [5.41, 5.74) is 0.682. The maximum absolute atomic E-state index is 10.9. The van der Waals surface area contributed by atoms with Gasteiger partial charge in [-0.05, 0) is 19.2 Å². The quantitative estimate of drug-likeness (QED) is 0.726. The van der Waals surface area contributed by atoms with Crippen LogP contribution in [0, 0.1) is 0 Å². The zero-order valence-electron chi connectivity index (χ0n) is 9.30. The second-order valence-corrected chi connectivity index (χ2v) is 3.82. The summed E-state index contributed by atoms with van der Waals surface area (Å²) < 4.78 is 0. The predicted molar refractivity (Wildman–Crippen MR) is 66.6 cm³/mol. The molecule has 2 heterocycles. The number of hydrogen-bond donors (Lipinski definition) is 0. The number of aldehydes is 1. The fourth-order valence-electron chi connectivity index (χ4n) is 1.78. The minimum atomic E-state index is 0. The Kier molecular flexibility index (Phi) is 4.71. The summed E-state index contributed by atoms with van der Waals surface area (Å²) in [6.45, 7) is 3.92. The van der Waals surface area contributed by atoms with Crippen molar-refractivity contribution in [1.29, 1.82) is 0 Å². The Hall–Kier alpha value is -1.13. The molecule has 0 unspecified atom stereocenters. The molecule has 88 valence electrons. The second-order valence-electron chi connectivity index (χ2n) is 3.82. The van der Waals surface area contributed by atoms with Crippen molar-refractivity contribution >= 4 is 24.5 Å². The fraction of sp³-hybridized carbons (Fsp3) is 0.455. The summed E-state index contributed by atoms with van der Waals surface area (Å²) in [6, 6.07) is 3.61. The van der Waals surface area contributed by atoms with E-state index in [0.717, 1.165) is 38.3 Å². The molecule has 0 aromatic carbocycles. The van der Waals surface area contributed by atoms with Gasteiger partial charge in [0.05, 0.1) is 5.56 Å². The summed E-state index contributed by atoms with van der Waals surface area (Å²) in [5, 5.41) is 0. The largest absolute Gasteiger partial charge is 0.353 e. The molecule has 1 aliphatic heterocycles. The van der Waals surface area contributed by atoms with Crippen molar-refractivity contribution in [3.63, 3.8) is 0 Å². The lowest BCUT2D eigenvalue weighted by atomic mass is 10.2. The van der Waals surface area contributed by atoms with Gasteiger partial charge in [-0.1, -0.05) is 0 Å². The maximum atomic E-state index is 10.9. The third kappa shape index (κ3) is 2.71. The molecule has 0 N–H and O–H groups in total. The highest BCUT2D eigenvalue weighted by Gasteiger charge is 2.17. The monoisotopic (exact) mass is 241 g/mol. The van der Waals surface area contributed by atoms with Gasteiger partial charge in [-0.25, -0.2) is 4.98 Å². The first-order chi connectivity index (χ1) is 7.31. The highest BCUT2D eigenvalue weighted by Crippen LogP contribution is 2.16. The number of carbonyl (C=O) groups is 1. The van der Waals surface area contributed by atoms with E-state index in [4.69, 9.17) is 0 Å². The van der Waals surface area contributed by atoms with Crippen molar-refractivity contribution in [3.8, 4) is 0 Å². The molecule has 1 saturated heterocycles. The van der Waals surface area contributed by atoms with Crippen molar-refractivity contribution < 1.29 is 4.79 Å². The number of hydrogen-bond acceptors (Lipinski definition) is 4. The number of aromatic nitrogens is 1. The number of likely N-dealkylation sites (N-methyl/N-ethyl adjacent to an activating group) is 1. The molecule has 1 aromatic heterocycles. The van der Waals surface area contributed by atoms with Gasteiger partial charge in [-0.2, -0.15) is 0 Å². The number of rotatable bonds is 2. The zero-order valence-corrected chi connectivity index (χ0v) is 10.1. The minimum absolute atomic E-state index is 0. The van der Waals surface area contributed by atoms with Gasteiger partial charge in [-0.15, -0.1) is 12.4 Å². The van der Waals surface area contributed by atoms with Crippen LogP contribution in [-0.2, 0) is 0 Å². The van der Waals surface area contributed by atoms with Gasteiger partial charge in [0.2, 0.25) is 0 Å². The standard InChI is InChI=1S/C11H15N3O.ClH/c1-13-5-7-14(8-6-13)11-10(9-15)3-2-4-12-11;/h2-4,9H,5-8H2,1H3;1H. The predicted octanol–water partition coefficient (Wildman–Crippen LogP) is 1.07. The van der Waals surface area contributed by atoms with Crippen LogP contribution in [0.15, 0.2) is 18.3 Å². The molecule has 0 aliphatic carbocycles. The van der Waals surface area contributed by atoms with Gasteiger partial charge in [0.25, 0.3) is 0 Å². The van der Waals surface area contributed by atoms with Crippen LogP contribution in [0.2, 0.25) is 0 Å². The number of anilines is 1. The van der Waals surface area contributed by atoms with E-state index >= 15 is 0 Å². The third-order valence-corrected chi connectivity index (χ3v) is 2.75. The van der Waals surface area contributed by atoms with E-state index in [0.29, 0.717) is 5.56 Å². The second kappa shape index (κ2) is 5.82. The first-order valence-electron chi connectivity index (χ1n) is 5.15. The van der Waals surface area contributed by atoms with Gasteiger partial charge in [-0.3, -0.25) is 4.79 Å². The van der Waals surface area contributed by atoms with Gasteiger partial charge < -0.3 is 9.80 Å². The third-order valence-electron chi connectivity index (χ3n) is 2.75. The highest BCUT2D eigenvalue weighted by atomic mass is 35.5. The lowest BCUT2D eigenvalue weighted by Crippen LogP contribution is -2.45. The van der Waals surface area contributed by atoms with E-state index in [1.54, 1.807) is 12.3 Å². The molecule has 1 aromatic rings. The van der Waals surface area contributed by atoms with Crippen molar-refractivity contribution in [3.05, 3.63) is 23.9 Å². The van der Waals surface area contributed by atoms with E-state index < -0.39 is 0 Å². The van der Waals surface area contributed by atoms with Crippen LogP contribution in [0.3, 0.4) is 0 Å². The lowest BCUT2D eigenvalue weighted by molar-refractivity contribution is 0.112. The summed E-state index contributed by atoms with van der Waals surface area (Å²) in [6.07, 6.45) is 2.61. The molecule has 1 fully saturated rings. The molecule has 2 rings (SSSR count). The molecule has 4 nitrogen and oxygen atoms in total. The van der Waals surface area contributed by atoms with Crippen LogP contribution in [0.4, 0.5) is 5.82 Å². The van der Waals surface area contributed by atoms with Crippen LogP contribution < -0.4 is 4.90 Å². The lowest BCUT2D eigenvalue weighted by Gasteiger charge is -2.33.